The van der Waals surface area contributed by atoms with Crippen molar-refractivity contribution in [2.75, 3.05) is 13.2 Å². The van der Waals surface area contributed by atoms with Gasteiger partial charge in [0.05, 0.1) is 11.0 Å². The second-order valence-corrected chi connectivity index (χ2v) is 7.40. The van der Waals surface area contributed by atoms with Gasteiger partial charge < -0.3 is 34.8 Å². The number of carboxylic acid groups (broad SMARTS) is 2. The number of benzene rings is 2. The van der Waals surface area contributed by atoms with Crippen molar-refractivity contribution in [3.05, 3.63) is 80.4 Å². The molecule has 2 heterocycles. The number of fused-ring (bicyclic) bond motifs is 2. The third-order valence-corrected chi connectivity index (χ3v) is 4.95. The molecule has 0 bridgehead atoms. The number of carbonyl (C=O) groups is 2. The first-order valence-corrected chi connectivity index (χ1v) is 9.95. The van der Waals surface area contributed by atoms with Crippen molar-refractivity contribution in [1.29, 1.82) is 0 Å². The lowest BCUT2D eigenvalue weighted by Crippen LogP contribution is -2.25. The zero-order chi connectivity index (χ0) is 24.4. The van der Waals surface area contributed by atoms with Gasteiger partial charge in [0.1, 0.15) is 42.2 Å². The minimum absolute atomic E-state index is 0.165. The van der Waals surface area contributed by atoms with E-state index in [1.54, 1.807) is 0 Å². The standard InChI is InChI=1S/C23H18N2O9/c26-11(9-33-12-1-3-14-16(5-12)24-18(22(29)30)7-20(14)27)10-34-13-2-4-15-17(6-13)25-19(23(31)32)8-21(15)28/h1-8,11,26H,9-10H2,(H,24,27)(H,25,28)(H,29,30)(H,31,32). The molecule has 0 unspecified atom stereocenters. The second-order valence-electron chi connectivity index (χ2n) is 7.40. The molecule has 0 atom stereocenters. The summed E-state index contributed by atoms with van der Waals surface area (Å²) in [5, 5.41) is 29.0. The van der Waals surface area contributed by atoms with Gasteiger partial charge in [0.2, 0.25) is 0 Å². The molecule has 4 aromatic rings. The maximum absolute atomic E-state index is 12.0. The Balaban J connectivity index is 1.41. The number of nitrogens with one attached hydrogen (secondary N) is 2. The van der Waals surface area contributed by atoms with E-state index in [4.69, 9.17) is 19.7 Å². The third-order valence-electron chi connectivity index (χ3n) is 4.95. The van der Waals surface area contributed by atoms with E-state index in [1.807, 2.05) is 0 Å². The zero-order valence-corrected chi connectivity index (χ0v) is 17.4. The zero-order valence-electron chi connectivity index (χ0n) is 17.4. The Hall–Kier alpha value is -4.64. The molecule has 2 aromatic heterocycles. The quantitative estimate of drug-likeness (QED) is 0.258. The fourth-order valence-corrected chi connectivity index (χ4v) is 3.31. The number of hydrogen-bond acceptors (Lipinski definition) is 7. The average Bonchev–Trinajstić information content (AvgIpc) is 2.80. The fourth-order valence-electron chi connectivity index (χ4n) is 3.31. The van der Waals surface area contributed by atoms with Crippen LogP contribution in [0.1, 0.15) is 21.0 Å². The van der Waals surface area contributed by atoms with Gasteiger partial charge in [-0.2, -0.15) is 0 Å². The highest BCUT2D eigenvalue weighted by Crippen LogP contribution is 2.19. The van der Waals surface area contributed by atoms with Gasteiger partial charge in [-0.1, -0.05) is 0 Å². The van der Waals surface area contributed by atoms with E-state index in [1.165, 1.54) is 36.4 Å². The largest absolute Gasteiger partial charge is 0.491 e. The highest BCUT2D eigenvalue weighted by atomic mass is 16.5. The maximum Gasteiger partial charge on any atom is 0.352 e. The molecule has 4 rings (SSSR count). The van der Waals surface area contributed by atoms with Crippen molar-refractivity contribution in [1.82, 2.24) is 9.97 Å². The molecule has 0 saturated carbocycles. The van der Waals surface area contributed by atoms with E-state index in [0.717, 1.165) is 12.1 Å². The van der Waals surface area contributed by atoms with E-state index in [0.29, 0.717) is 22.3 Å². The number of rotatable bonds is 8. The van der Waals surface area contributed by atoms with Crippen LogP contribution in [-0.4, -0.2) is 56.5 Å². The highest BCUT2D eigenvalue weighted by Gasteiger charge is 2.12. The number of H-pyrrole nitrogens is 2. The van der Waals surface area contributed by atoms with Crippen LogP contribution in [0.2, 0.25) is 0 Å². The molecule has 0 amide bonds. The van der Waals surface area contributed by atoms with Crippen LogP contribution in [0.15, 0.2) is 58.1 Å². The lowest BCUT2D eigenvalue weighted by Gasteiger charge is -2.14. The third kappa shape index (κ3) is 4.74. The minimum atomic E-state index is -1.27. The summed E-state index contributed by atoms with van der Waals surface area (Å²) >= 11 is 0. The Morgan fingerprint density at radius 2 is 1.15 bits per heavy atom. The van der Waals surface area contributed by atoms with Gasteiger partial charge in [-0.3, -0.25) is 9.59 Å². The van der Waals surface area contributed by atoms with Crippen molar-refractivity contribution in [2.24, 2.45) is 0 Å². The monoisotopic (exact) mass is 466 g/mol. The minimum Gasteiger partial charge on any atom is -0.491 e. The molecular formula is C23H18N2O9. The summed E-state index contributed by atoms with van der Waals surface area (Å²) in [7, 11) is 0. The second kappa shape index (κ2) is 9.08. The van der Waals surface area contributed by atoms with Crippen molar-refractivity contribution < 1.29 is 34.4 Å². The Morgan fingerprint density at radius 3 is 1.53 bits per heavy atom. The molecule has 0 spiro atoms. The Morgan fingerprint density at radius 1 is 0.735 bits per heavy atom. The predicted molar refractivity (Wildman–Crippen MR) is 120 cm³/mol. The normalized spacial score (nSPS) is 11.1. The molecule has 5 N–H and O–H groups in total. The first-order chi connectivity index (χ1) is 16.2. The molecule has 0 fully saturated rings. The predicted octanol–water partition coefficient (Wildman–Crippen LogP) is 1.58. The molecule has 0 saturated heterocycles. The van der Waals surface area contributed by atoms with Crippen LogP contribution in [0.25, 0.3) is 21.8 Å². The van der Waals surface area contributed by atoms with E-state index in [9.17, 15) is 24.3 Å². The summed E-state index contributed by atoms with van der Waals surface area (Å²) in [6.07, 6.45) is -1.06. The van der Waals surface area contributed by atoms with Crippen molar-refractivity contribution >= 4 is 33.7 Å². The number of aliphatic hydroxyl groups excluding tert-OH is 1. The topological polar surface area (TPSA) is 179 Å². The Bertz CT molecular complexity index is 1420. The lowest BCUT2D eigenvalue weighted by molar-refractivity contribution is 0.0627. The molecular weight excluding hydrogens is 448 g/mol. The van der Waals surface area contributed by atoms with Crippen LogP contribution in [0.3, 0.4) is 0 Å². The van der Waals surface area contributed by atoms with E-state index in [2.05, 4.69) is 9.97 Å². The molecule has 174 valence electrons. The Labute approximate surface area is 189 Å². The number of ether oxygens (including phenoxy) is 2. The van der Waals surface area contributed by atoms with Gasteiger partial charge in [-0.15, -0.1) is 0 Å². The number of aromatic carboxylic acids is 2. The molecule has 0 radical (unpaired) electrons. The summed E-state index contributed by atoms with van der Waals surface area (Å²) in [6.45, 7) is -0.329. The Kier molecular flexibility index (Phi) is 6.02. The van der Waals surface area contributed by atoms with Crippen LogP contribution >= 0.6 is 0 Å². The van der Waals surface area contributed by atoms with Crippen LogP contribution in [-0.2, 0) is 0 Å². The van der Waals surface area contributed by atoms with E-state index >= 15 is 0 Å². The number of hydrogen-bond donors (Lipinski definition) is 5. The summed E-state index contributed by atoms with van der Waals surface area (Å²) < 4.78 is 11.0. The molecule has 11 heteroatoms. The van der Waals surface area contributed by atoms with Crippen LogP contribution in [0, 0.1) is 0 Å². The molecule has 0 aliphatic rings. The molecule has 2 aromatic carbocycles. The number of aromatic amines is 2. The van der Waals surface area contributed by atoms with Gasteiger partial charge in [0, 0.05) is 35.0 Å². The molecule has 0 aliphatic heterocycles. The van der Waals surface area contributed by atoms with Crippen LogP contribution in [0.5, 0.6) is 11.5 Å². The van der Waals surface area contributed by atoms with Crippen molar-refractivity contribution in [3.63, 3.8) is 0 Å². The van der Waals surface area contributed by atoms with Crippen molar-refractivity contribution in [2.45, 2.75) is 6.10 Å². The van der Waals surface area contributed by atoms with Gasteiger partial charge in [0.15, 0.2) is 10.9 Å². The average molecular weight is 466 g/mol. The van der Waals surface area contributed by atoms with Gasteiger partial charge in [-0.25, -0.2) is 9.59 Å². The van der Waals surface area contributed by atoms with Crippen LogP contribution < -0.4 is 20.3 Å². The number of pyridine rings is 2. The summed E-state index contributed by atoms with van der Waals surface area (Å²) in [6, 6.07) is 10.9. The fraction of sp³-hybridized carbons (Fsp3) is 0.130. The first-order valence-electron chi connectivity index (χ1n) is 9.95. The van der Waals surface area contributed by atoms with Crippen molar-refractivity contribution in [3.8, 4) is 11.5 Å². The van der Waals surface area contributed by atoms with Gasteiger partial charge in [-0.05, 0) is 24.3 Å². The van der Waals surface area contributed by atoms with E-state index in [-0.39, 0.29) is 35.6 Å². The smallest absolute Gasteiger partial charge is 0.352 e. The van der Waals surface area contributed by atoms with Crippen LogP contribution in [0.4, 0.5) is 0 Å². The number of carboxylic acids is 2. The molecule has 11 nitrogen and oxygen atoms in total. The molecule has 0 aliphatic carbocycles. The highest BCUT2D eigenvalue weighted by molar-refractivity contribution is 5.90. The summed E-state index contributed by atoms with van der Waals surface area (Å²) in [5.74, 6) is -1.94. The number of aromatic nitrogens is 2. The SMILES string of the molecule is O=C(O)c1cc(=O)c2ccc(OCC(O)COc3ccc4c(=O)cc(C(=O)O)[nH]c4c3)cc2[nH]1. The van der Waals surface area contributed by atoms with Gasteiger partial charge >= 0.3 is 11.9 Å². The maximum atomic E-state index is 12.0. The lowest BCUT2D eigenvalue weighted by atomic mass is 10.2. The number of aliphatic hydroxyl groups is 1. The first kappa shape index (κ1) is 22.6. The molecule has 34 heavy (non-hydrogen) atoms. The van der Waals surface area contributed by atoms with E-state index < -0.39 is 28.9 Å². The summed E-state index contributed by atoms with van der Waals surface area (Å²) in [5.41, 5.74) is -0.847. The van der Waals surface area contributed by atoms with Gasteiger partial charge in [0.25, 0.3) is 0 Å². The summed E-state index contributed by atoms with van der Waals surface area (Å²) in [4.78, 5) is 51.6.